The van der Waals surface area contributed by atoms with Crippen LogP contribution in [0.4, 0.5) is 4.39 Å². The van der Waals surface area contributed by atoms with E-state index in [1.807, 2.05) is 24.3 Å². The molecular weight excluding hydrogens is 411 g/mol. The van der Waals surface area contributed by atoms with Crippen LogP contribution < -0.4 is 5.63 Å². The van der Waals surface area contributed by atoms with Crippen LogP contribution in [0.5, 0.6) is 0 Å². The Morgan fingerprint density at radius 3 is 2.33 bits per heavy atom. The van der Waals surface area contributed by atoms with Crippen LogP contribution in [0.25, 0.3) is 21.7 Å². The number of aryl methyl sites for hydroxylation is 1. The van der Waals surface area contributed by atoms with Gasteiger partial charge in [0.05, 0.1) is 5.39 Å². The van der Waals surface area contributed by atoms with Gasteiger partial charge in [-0.25, -0.2) is 9.18 Å². The van der Waals surface area contributed by atoms with E-state index >= 15 is 4.39 Å². The SMILES string of the molecule is CCCCCCCC1CCC(c2ccc3c(c2)c(=O)oc2c(F)c(CCCC)ccc23)CC1. The van der Waals surface area contributed by atoms with E-state index in [-0.39, 0.29) is 11.4 Å². The molecular formula is C30H39FO2. The van der Waals surface area contributed by atoms with E-state index in [0.717, 1.165) is 24.1 Å². The maximum atomic E-state index is 15.0. The van der Waals surface area contributed by atoms with Crippen molar-refractivity contribution in [1.82, 2.24) is 0 Å². The highest BCUT2D eigenvalue weighted by molar-refractivity contribution is 6.04. The Hall–Kier alpha value is -2.16. The fraction of sp³-hybridized carbons (Fsp3) is 0.567. The summed E-state index contributed by atoms with van der Waals surface area (Å²) in [5.74, 6) is 0.994. The topological polar surface area (TPSA) is 30.2 Å². The Kier molecular flexibility index (Phi) is 8.22. The molecule has 3 aromatic rings. The molecule has 2 aromatic carbocycles. The van der Waals surface area contributed by atoms with Crippen molar-refractivity contribution in [2.45, 2.75) is 103 Å². The fourth-order valence-corrected chi connectivity index (χ4v) is 5.66. The summed E-state index contributed by atoms with van der Waals surface area (Å²) in [4.78, 5) is 12.8. The molecule has 0 amide bonds. The first kappa shape index (κ1) is 24.0. The summed E-state index contributed by atoms with van der Waals surface area (Å²) in [6.07, 6.45) is 15.7. The largest absolute Gasteiger partial charge is 0.419 e. The Balaban J connectivity index is 1.49. The van der Waals surface area contributed by atoms with Crippen LogP contribution in [0.3, 0.4) is 0 Å². The van der Waals surface area contributed by atoms with Gasteiger partial charge in [-0.15, -0.1) is 0 Å². The zero-order valence-corrected chi connectivity index (χ0v) is 20.4. The lowest BCUT2D eigenvalue weighted by Crippen LogP contribution is -2.14. The zero-order chi connectivity index (χ0) is 23.2. The molecule has 0 aliphatic heterocycles. The van der Waals surface area contributed by atoms with E-state index < -0.39 is 5.63 Å². The zero-order valence-electron chi connectivity index (χ0n) is 20.4. The van der Waals surface area contributed by atoms with Gasteiger partial charge in [-0.3, -0.25) is 0 Å². The number of halogens is 1. The average molecular weight is 451 g/mol. The maximum Gasteiger partial charge on any atom is 0.344 e. The van der Waals surface area contributed by atoms with Crippen molar-refractivity contribution in [1.29, 1.82) is 0 Å². The minimum absolute atomic E-state index is 0.105. The summed E-state index contributed by atoms with van der Waals surface area (Å²) in [6.45, 7) is 4.36. The number of unbranched alkanes of at least 4 members (excludes halogenated alkanes) is 5. The van der Waals surface area contributed by atoms with Crippen molar-refractivity contribution in [3.8, 4) is 0 Å². The Labute approximate surface area is 197 Å². The summed E-state index contributed by atoms with van der Waals surface area (Å²) < 4.78 is 20.6. The lowest BCUT2D eigenvalue weighted by Gasteiger charge is -2.29. The molecule has 0 radical (unpaired) electrons. The van der Waals surface area contributed by atoms with Crippen LogP contribution >= 0.6 is 0 Å². The smallest absolute Gasteiger partial charge is 0.344 e. The molecule has 0 atom stereocenters. The third-order valence-electron chi connectivity index (χ3n) is 7.76. The highest BCUT2D eigenvalue weighted by Crippen LogP contribution is 2.39. The first-order chi connectivity index (χ1) is 16.1. The van der Waals surface area contributed by atoms with Crippen molar-refractivity contribution in [3.05, 3.63) is 57.7 Å². The molecule has 0 saturated heterocycles. The quantitative estimate of drug-likeness (QED) is 0.175. The lowest BCUT2D eigenvalue weighted by molar-refractivity contribution is 0.302. The Bertz CT molecular complexity index is 1120. The summed E-state index contributed by atoms with van der Waals surface area (Å²) in [5.41, 5.74) is 1.54. The van der Waals surface area contributed by atoms with Crippen LogP contribution in [-0.4, -0.2) is 0 Å². The van der Waals surface area contributed by atoms with E-state index in [1.54, 1.807) is 0 Å². The third-order valence-corrected chi connectivity index (χ3v) is 7.76. The van der Waals surface area contributed by atoms with Gasteiger partial charge < -0.3 is 4.42 Å². The van der Waals surface area contributed by atoms with Crippen molar-refractivity contribution in [2.75, 3.05) is 0 Å². The highest BCUT2D eigenvalue weighted by Gasteiger charge is 2.23. The maximum absolute atomic E-state index is 15.0. The van der Waals surface area contributed by atoms with Crippen LogP contribution in [0.15, 0.2) is 39.5 Å². The summed E-state index contributed by atoms with van der Waals surface area (Å²) in [6, 6.07) is 9.94. The van der Waals surface area contributed by atoms with Gasteiger partial charge in [0.15, 0.2) is 11.4 Å². The highest BCUT2D eigenvalue weighted by atomic mass is 19.1. The first-order valence-corrected chi connectivity index (χ1v) is 13.3. The molecule has 1 aromatic heterocycles. The number of hydrogen-bond acceptors (Lipinski definition) is 2. The molecule has 0 unspecified atom stereocenters. The van der Waals surface area contributed by atoms with Gasteiger partial charge in [0.2, 0.25) is 0 Å². The van der Waals surface area contributed by atoms with Gasteiger partial charge >= 0.3 is 5.63 Å². The molecule has 1 heterocycles. The van der Waals surface area contributed by atoms with E-state index in [4.69, 9.17) is 4.42 Å². The van der Waals surface area contributed by atoms with Gasteiger partial charge in [0.25, 0.3) is 0 Å². The molecule has 3 heteroatoms. The van der Waals surface area contributed by atoms with Crippen molar-refractivity contribution in [3.63, 3.8) is 0 Å². The second kappa shape index (κ2) is 11.3. The second-order valence-electron chi connectivity index (χ2n) is 10.1. The van der Waals surface area contributed by atoms with Gasteiger partial charge in [-0.05, 0) is 67.6 Å². The minimum Gasteiger partial charge on any atom is -0.419 e. The lowest BCUT2D eigenvalue weighted by atomic mass is 9.76. The molecule has 33 heavy (non-hydrogen) atoms. The average Bonchev–Trinajstić information content (AvgIpc) is 2.84. The van der Waals surface area contributed by atoms with Crippen LogP contribution in [-0.2, 0) is 6.42 Å². The summed E-state index contributed by atoms with van der Waals surface area (Å²) in [5, 5.41) is 2.08. The van der Waals surface area contributed by atoms with E-state index in [0.29, 0.717) is 28.7 Å². The van der Waals surface area contributed by atoms with Crippen LogP contribution in [0.2, 0.25) is 0 Å². The second-order valence-corrected chi connectivity index (χ2v) is 10.1. The van der Waals surface area contributed by atoms with Gasteiger partial charge in [-0.1, -0.05) is 83.1 Å². The van der Waals surface area contributed by atoms with Crippen molar-refractivity contribution in [2.24, 2.45) is 5.92 Å². The number of rotatable bonds is 10. The standard InChI is InChI=1S/C30H39FO2/c1-3-5-7-8-9-10-21-12-14-22(15-13-21)24-17-18-25-26-19-16-23(11-6-4-2)28(31)29(26)33-30(32)27(25)20-24/h16-22H,3-15H2,1-2H3. The number of hydrogen-bond donors (Lipinski definition) is 0. The molecule has 178 valence electrons. The predicted molar refractivity (Wildman–Crippen MR) is 137 cm³/mol. The van der Waals surface area contributed by atoms with Crippen molar-refractivity contribution >= 4 is 21.7 Å². The molecule has 1 fully saturated rings. The molecule has 0 N–H and O–H groups in total. The van der Waals surface area contributed by atoms with E-state index in [9.17, 15) is 4.79 Å². The number of benzene rings is 2. The molecule has 1 saturated carbocycles. The summed E-state index contributed by atoms with van der Waals surface area (Å²) in [7, 11) is 0. The molecule has 0 bridgehead atoms. The van der Waals surface area contributed by atoms with Gasteiger partial charge in [0, 0.05) is 10.8 Å². The van der Waals surface area contributed by atoms with Gasteiger partial charge in [0.1, 0.15) is 0 Å². The fourth-order valence-electron chi connectivity index (χ4n) is 5.66. The molecule has 1 aliphatic rings. The molecule has 0 spiro atoms. The first-order valence-electron chi connectivity index (χ1n) is 13.3. The van der Waals surface area contributed by atoms with E-state index in [1.165, 1.54) is 69.8 Å². The van der Waals surface area contributed by atoms with Crippen LogP contribution in [0, 0.1) is 11.7 Å². The molecule has 4 rings (SSSR count). The van der Waals surface area contributed by atoms with E-state index in [2.05, 4.69) is 19.9 Å². The number of fused-ring (bicyclic) bond motifs is 3. The molecule has 2 nitrogen and oxygen atoms in total. The monoisotopic (exact) mass is 450 g/mol. The molecule has 1 aliphatic carbocycles. The minimum atomic E-state index is -0.424. The summed E-state index contributed by atoms with van der Waals surface area (Å²) >= 11 is 0. The third kappa shape index (κ3) is 5.50. The Morgan fingerprint density at radius 1 is 0.848 bits per heavy atom. The Morgan fingerprint density at radius 2 is 1.58 bits per heavy atom. The predicted octanol–water partition coefficient (Wildman–Crippen LogP) is 9.06. The van der Waals surface area contributed by atoms with Crippen molar-refractivity contribution < 1.29 is 8.81 Å². The van der Waals surface area contributed by atoms with Gasteiger partial charge in [-0.2, -0.15) is 0 Å². The van der Waals surface area contributed by atoms with Crippen LogP contribution in [0.1, 0.15) is 108 Å². The normalized spacial score (nSPS) is 18.9.